The molecule has 0 aromatic heterocycles. The average molecular weight is 369 g/mol. The number of hydrogen-bond donors (Lipinski definition) is 1. The molecule has 3 amide bonds. The summed E-state index contributed by atoms with van der Waals surface area (Å²) >= 11 is 5.93. The van der Waals surface area contributed by atoms with E-state index in [1.165, 1.54) is 7.11 Å². The van der Waals surface area contributed by atoms with Crippen LogP contribution in [0, 0.1) is 0 Å². The zero-order valence-corrected chi connectivity index (χ0v) is 15.2. The van der Waals surface area contributed by atoms with Gasteiger partial charge in [-0.25, -0.2) is 4.79 Å². The Morgan fingerprint density at radius 3 is 2.52 bits per heavy atom. The van der Waals surface area contributed by atoms with Crippen LogP contribution in [0.5, 0.6) is 5.75 Å². The highest BCUT2D eigenvalue weighted by Crippen LogP contribution is 2.25. The molecule has 8 heteroatoms. The molecule has 0 saturated carbocycles. The Kier molecular flexibility index (Phi) is 5.89. The molecular weight excluding hydrogens is 348 g/mol. The van der Waals surface area contributed by atoms with Crippen LogP contribution in [0.4, 0.5) is 4.79 Å². The Hall–Kier alpha value is -2.28. The summed E-state index contributed by atoms with van der Waals surface area (Å²) in [4.78, 5) is 37.4. The van der Waals surface area contributed by atoms with Crippen molar-refractivity contribution in [2.45, 2.75) is 38.8 Å². The molecule has 0 bridgehead atoms. The molecule has 136 valence electrons. The van der Waals surface area contributed by atoms with Gasteiger partial charge in [0, 0.05) is 10.6 Å². The fraction of sp³-hybridized carbons (Fsp3) is 0.471. The minimum Gasteiger partial charge on any atom is -0.496 e. The van der Waals surface area contributed by atoms with Gasteiger partial charge in [0.2, 0.25) is 0 Å². The van der Waals surface area contributed by atoms with E-state index < -0.39 is 30.0 Å². The summed E-state index contributed by atoms with van der Waals surface area (Å²) in [6.07, 6.45) is 0.915. The van der Waals surface area contributed by atoms with Gasteiger partial charge in [0.15, 0.2) is 0 Å². The molecule has 0 spiro atoms. The van der Waals surface area contributed by atoms with Crippen molar-refractivity contribution in [2.75, 3.05) is 13.7 Å². The van der Waals surface area contributed by atoms with E-state index in [4.69, 9.17) is 21.1 Å². The van der Waals surface area contributed by atoms with Crippen LogP contribution < -0.4 is 10.1 Å². The largest absolute Gasteiger partial charge is 0.496 e. The highest BCUT2D eigenvalue weighted by Gasteiger charge is 2.49. The van der Waals surface area contributed by atoms with Crippen LogP contribution >= 0.6 is 11.6 Å². The van der Waals surface area contributed by atoms with Crippen molar-refractivity contribution in [3.63, 3.8) is 0 Å². The number of carbonyl (C=O) groups is 3. The van der Waals surface area contributed by atoms with Gasteiger partial charge < -0.3 is 14.8 Å². The number of nitrogens with zero attached hydrogens (tertiary/aromatic N) is 1. The molecule has 1 fully saturated rings. The third kappa shape index (κ3) is 3.87. The second kappa shape index (κ2) is 7.74. The molecule has 1 aromatic rings. The normalized spacial score (nSPS) is 15.9. The van der Waals surface area contributed by atoms with Crippen molar-refractivity contribution in [1.82, 2.24) is 10.2 Å². The first-order chi connectivity index (χ1) is 11.9. The average Bonchev–Trinajstić information content (AvgIpc) is 2.84. The molecule has 2 rings (SSSR count). The van der Waals surface area contributed by atoms with Crippen LogP contribution in [-0.4, -0.2) is 42.0 Å². The summed E-state index contributed by atoms with van der Waals surface area (Å²) in [7, 11) is 1.50. The summed E-state index contributed by atoms with van der Waals surface area (Å²) in [6, 6.07) is 4.37. The monoisotopic (exact) mass is 368 g/mol. The number of methoxy groups -OCH3 is 1. The number of urea groups is 1. The first-order valence-electron chi connectivity index (χ1n) is 7.99. The van der Waals surface area contributed by atoms with Gasteiger partial charge in [-0.15, -0.1) is 0 Å². The van der Waals surface area contributed by atoms with Gasteiger partial charge in [-0.1, -0.05) is 25.4 Å². The van der Waals surface area contributed by atoms with Crippen LogP contribution in [0.3, 0.4) is 0 Å². The molecule has 7 nitrogen and oxygen atoms in total. The maximum Gasteiger partial charge on any atom is 0.326 e. The Bertz CT molecular complexity index is 688. The second-order valence-corrected chi connectivity index (χ2v) is 6.16. The molecule has 1 heterocycles. The number of hydrogen-bond acceptors (Lipinski definition) is 5. The predicted molar refractivity (Wildman–Crippen MR) is 91.4 cm³/mol. The lowest BCUT2D eigenvalue weighted by Crippen LogP contribution is -2.46. The number of imide groups is 1. The van der Waals surface area contributed by atoms with E-state index in [1.807, 2.05) is 13.8 Å². The fourth-order valence-corrected chi connectivity index (χ4v) is 2.94. The molecule has 0 radical (unpaired) electrons. The number of nitrogens with one attached hydrogen (secondary N) is 1. The zero-order valence-electron chi connectivity index (χ0n) is 14.4. The smallest absolute Gasteiger partial charge is 0.326 e. The van der Waals surface area contributed by atoms with Gasteiger partial charge >= 0.3 is 12.0 Å². The number of amides is 3. The SMILES string of the molecule is CCC1(CC)NC(=O)N(CC(=O)OCc2cc(Cl)ccc2OC)C1=O. The summed E-state index contributed by atoms with van der Waals surface area (Å²) in [6.45, 7) is 3.12. The standard InChI is InChI=1S/C17H21ClN2O5/c1-4-17(5-2)15(22)20(16(23)19-17)9-14(21)25-10-11-8-12(18)6-7-13(11)24-3/h6-8H,4-5,9-10H2,1-3H3,(H,19,23). The van der Waals surface area contributed by atoms with Crippen molar-refractivity contribution >= 4 is 29.5 Å². The fourth-order valence-electron chi connectivity index (χ4n) is 2.74. The van der Waals surface area contributed by atoms with E-state index in [9.17, 15) is 14.4 Å². The van der Waals surface area contributed by atoms with Crippen LogP contribution in [0.15, 0.2) is 18.2 Å². The Morgan fingerprint density at radius 2 is 1.96 bits per heavy atom. The second-order valence-electron chi connectivity index (χ2n) is 5.73. The Balaban J connectivity index is 2.00. The molecule has 1 N–H and O–H groups in total. The van der Waals surface area contributed by atoms with Gasteiger partial charge in [-0.2, -0.15) is 0 Å². The topological polar surface area (TPSA) is 84.9 Å². The lowest BCUT2D eigenvalue weighted by atomic mass is 9.93. The van der Waals surface area contributed by atoms with E-state index in [-0.39, 0.29) is 6.61 Å². The molecule has 1 aliphatic rings. The van der Waals surface area contributed by atoms with E-state index in [1.54, 1.807) is 18.2 Å². The maximum atomic E-state index is 12.5. The highest BCUT2D eigenvalue weighted by molar-refractivity contribution is 6.30. The number of halogens is 1. The first kappa shape index (κ1) is 19.1. The minimum absolute atomic E-state index is 0.0705. The van der Waals surface area contributed by atoms with E-state index in [0.717, 1.165) is 4.90 Å². The maximum absolute atomic E-state index is 12.5. The van der Waals surface area contributed by atoms with Gasteiger partial charge in [-0.05, 0) is 31.0 Å². The van der Waals surface area contributed by atoms with Gasteiger partial charge in [0.05, 0.1) is 7.11 Å². The van der Waals surface area contributed by atoms with Crippen molar-refractivity contribution in [3.05, 3.63) is 28.8 Å². The summed E-state index contributed by atoms with van der Waals surface area (Å²) in [5, 5.41) is 3.15. The lowest BCUT2D eigenvalue weighted by Gasteiger charge is -2.22. The molecule has 1 saturated heterocycles. The van der Waals surface area contributed by atoms with E-state index in [2.05, 4.69) is 5.32 Å². The van der Waals surface area contributed by atoms with Crippen LogP contribution in [-0.2, 0) is 20.9 Å². The number of carbonyl (C=O) groups excluding carboxylic acids is 3. The quantitative estimate of drug-likeness (QED) is 0.590. The minimum atomic E-state index is -0.937. The van der Waals surface area contributed by atoms with Crippen molar-refractivity contribution < 1.29 is 23.9 Å². The number of benzene rings is 1. The lowest BCUT2D eigenvalue weighted by molar-refractivity contribution is -0.149. The first-order valence-corrected chi connectivity index (χ1v) is 8.36. The third-order valence-corrected chi connectivity index (χ3v) is 4.61. The zero-order chi connectivity index (χ0) is 18.6. The van der Waals surface area contributed by atoms with E-state index >= 15 is 0 Å². The van der Waals surface area contributed by atoms with Crippen molar-refractivity contribution in [3.8, 4) is 5.75 Å². The molecule has 1 aromatic carbocycles. The molecule has 0 atom stereocenters. The van der Waals surface area contributed by atoms with Gasteiger partial charge in [-0.3, -0.25) is 14.5 Å². The number of ether oxygens (including phenoxy) is 2. The molecule has 0 aliphatic carbocycles. The summed E-state index contributed by atoms with van der Waals surface area (Å²) < 4.78 is 10.3. The van der Waals surface area contributed by atoms with Crippen molar-refractivity contribution in [1.29, 1.82) is 0 Å². The predicted octanol–water partition coefficient (Wildman–Crippen LogP) is 2.50. The van der Waals surface area contributed by atoms with Gasteiger partial charge in [0.25, 0.3) is 5.91 Å². The Labute approximate surface area is 151 Å². The number of rotatable bonds is 7. The summed E-state index contributed by atoms with van der Waals surface area (Å²) in [5.41, 5.74) is -0.343. The molecule has 1 aliphatic heterocycles. The number of esters is 1. The molecular formula is C17H21ClN2O5. The molecule has 25 heavy (non-hydrogen) atoms. The van der Waals surface area contributed by atoms with Crippen LogP contribution in [0.2, 0.25) is 5.02 Å². The van der Waals surface area contributed by atoms with Crippen molar-refractivity contribution in [2.24, 2.45) is 0 Å². The van der Waals surface area contributed by atoms with Crippen LogP contribution in [0.25, 0.3) is 0 Å². The van der Waals surface area contributed by atoms with Crippen LogP contribution in [0.1, 0.15) is 32.3 Å². The Morgan fingerprint density at radius 1 is 1.28 bits per heavy atom. The summed E-state index contributed by atoms with van der Waals surface area (Å²) in [5.74, 6) is -0.559. The highest BCUT2D eigenvalue weighted by atomic mass is 35.5. The van der Waals surface area contributed by atoms with E-state index in [0.29, 0.717) is 29.2 Å². The molecule has 0 unspecified atom stereocenters. The van der Waals surface area contributed by atoms with Gasteiger partial charge in [0.1, 0.15) is 24.4 Å². The third-order valence-electron chi connectivity index (χ3n) is 4.37.